The fraction of sp³-hybridized carbons (Fsp3) is 0.389. The van der Waals surface area contributed by atoms with E-state index in [1.165, 1.54) is 0 Å². The zero-order valence-electron chi connectivity index (χ0n) is 14.5. The van der Waals surface area contributed by atoms with Crippen molar-refractivity contribution in [2.75, 3.05) is 18.5 Å². The van der Waals surface area contributed by atoms with Crippen LogP contribution in [0.3, 0.4) is 0 Å². The van der Waals surface area contributed by atoms with Crippen LogP contribution in [-0.2, 0) is 25.8 Å². The molecule has 2 aliphatic heterocycles. The van der Waals surface area contributed by atoms with Crippen LogP contribution in [0.2, 0.25) is 5.02 Å². The van der Waals surface area contributed by atoms with Crippen molar-refractivity contribution in [3.05, 3.63) is 40.5 Å². The van der Waals surface area contributed by atoms with Gasteiger partial charge in [0.25, 0.3) is 0 Å². The Balaban J connectivity index is 1.52. The highest BCUT2D eigenvalue weighted by molar-refractivity contribution is 7.98. The summed E-state index contributed by atoms with van der Waals surface area (Å²) in [5, 5.41) is 10.5. The first-order chi connectivity index (χ1) is 13.1. The van der Waals surface area contributed by atoms with Crippen molar-refractivity contribution >= 4 is 41.0 Å². The van der Waals surface area contributed by atoms with Crippen molar-refractivity contribution < 1.29 is 14.3 Å². The van der Waals surface area contributed by atoms with Crippen molar-refractivity contribution in [1.29, 1.82) is 0 Å². The van der Waals surface area contributed by atoms with E-state index in [2.05, 4.69) is 15.7 Å². The lowest BCUT2D eigenvalue weighted by Gasteiger charge is -2.13. The largest absolute Gasteiger partial charge is 0.376 e. The minimum Gasteiger partial charge on any atom is -0.376 e. The summed E-state index contributed by atoms with van der Waals surface area (Å²) in [7, 11) is 0. The fourth-order valence-corrected chi connectivity index (χ4v) is 4.41. The van der Waals surface area contributed by atoms with Gasteiger partial charge in [0, 0.05) is 35.2 Å². The quantitative estimate of drug-likeness (QED) is 0.762. The molecule has 9 heteroatoms. The first-order valence-electron chi connectivity index (χ1n) is 8.77. The molecule has 4 rings (SSSR count). The number of hydrogen-bond donors (Lipinski definition) is 2. The number of rotatable bonds is 4. The predicted octanol–water partition coefficient (Wildman–Crippen LogP) is 2.51. The van der Waals surface area contributed by atoms with Gasteiger partial charge in [0.15, 0.2) is 0 Å². The zero-order valence-corrected chi connectivity index (χ0v) is 16.1. The van der Waals surface area contributed by atoms with Gasteiger partial charge in [-0.15, -0.1) is 0 Å². The van der Waals surface area contributed by atoms with Crippen molar-refractivity contribution in [2.24, 2.45) is 0 Å². The molecule has 27 heavy (non-hydrogen) atoms. The topological polar surface area (TPSA) is 85.2 Å². The molecule has 0 spiro atoms. The molecule has 0 bridgehead atoms. The average Bonchev–Trinajstić information content (AvgIpc) is 3.38. The number of carbonyl (C=O) groups excluding carboxylic acids is 2. The Morgan fingerprint density at radius 1 is 1.33 bits per heavy atom. The predicted molar refractivity (Wildman–Crippen MR) is 104 cm³/mol. The van der Waals surface area contributed by atoms with E-state index in [0.717, 1.165) is 41.3 Å². The second-order valence-corrected chi connectivity index (χ2v) is 7.88. The maximum absolute atomic E-state index is 12.4. The van der Waals surface area contributed by atoms with E-state index < -0.39 is 11.8 Å². The Hall–Kier alpha value is -2.03. The first kappa shape index (κ1) is 18.3. The van der Waals surface area contributed by atoms with Crippen LogP contribution in [0.5, 0.6) is 0 Å². The number of amides is 2. The molecular weight excluding hydrogens is 388 g/mol. The van der Waals surface area contributed by atoms with Gasteiger partial charge >= 0.3 is 11.8 Å². The van der Waals surface area contributed by atoms with Crippen molar-refractivity contribution in [3.63, 3.8) is 0 Å². The van der Waals surface area contributed by atoms with Crippen LogP contribution in [0.1, 0.15) is 24.1 Å². The summed E-state index contributed by atoms with van der Waals surface area (Å²) in [4.78, 5) is 24.6. The molecule has 0 aliphatic carbocycles. The second-order valence-electron chi connectivity index (χ2n) is 6.46. The maximum atomic E-state index is 12.4. The smallest absolute Gasteiger partial charge is 0.314 e. The van der Waals surface area contributed by atoms with Crippen molar-refractivity contribution in [2.45, 2.75) is 30.5 Å². The molecule has 2 aliphatic rings. The van der Waals surface area contributed by atoms with Crippen molar-refractivity contribution in [1.82, 2.24) is 15.1 Å². The Bertz CT molecular complexity index is 879. The van der Waals surface area contributed by atoms with Gasteiger partial charge in [-0.2, -0.15) is 16.9 Å². The summed E-state index contributed by atoms with van der Waals surface area (Å²) in [6, 6.07) is 7.21. The van der Waals surface area contributed by atoms with Crippen LogP contribution in [-0.4, -0.2) is 40.9 Å². The number of nitrogens with one attached hydrogen (secondary N) is 2. The molecular formula is C18H19ClN4O3S. The van der Waals surface area contributed by atoms with Crippen molar-refractivity contribution in [3.8, 4) is 5.69 Å². The number of aromatic nitrogens is 2. The number of ether oxygens (including phenoxy) is 1. The summed E-state index contributed by atoms with van der Waals surface area (Å²) < 4.78 is 7.10. The first-order valence-corrected chi connectivity index (χ1v) is 10.3. The lowest BCUT2D eigenvalue weighted by Crippen LogP contribution is -2.39. The molecule has 1 aromatic heterocycles. The number of fused-ring (bicyclic) bond motifs is 1. The van der Waals surface area contributed by atoms with Crippen LogP contribution in [0.15, 0.2) is 24.3 Å². The molecule has 0 saturated carbocycles. The Morgan fingerprint density at radius 3 is 3.00 bits per heavy atom. The van der Waals surface area contributed by atoms with E-state index in [-0.39, 0.29) is 6.10 Å². The van der Waals surface area contributed by atoms with Gasteiger partial charge in [0.1, 0.15) is 5.82 Å². The van der Waals surface area contributed by atoms with Crippen LogP contribution in [0, 0.1) is 0 Å². The van der Waals surface area contributed by atoms with Crippen LogP contribution < -0.4 is 10.6 Å². The molecule has 2 N–H and O–H groups in total. The minimum absolute atomic E-state index is 0.0145. The third kappa shape index (κ3) is 3.97. The molecule has 7 nitrogen and oxygen atoms in total. The molecule has 0 radical (unpaired) electrons. The van der Waals surface area contributed by atoms with Gasteiger partial charge in [0.2, 0.25) is 0 Å². The van der Waals surface area contributed by atoms with Gasteiger partial charge in [0.05, 0.1) is 17.5 Å². The molecule has 1 aromatic carbocycles. The zero-order chi connectivity index (χ0) is 18.8. The average molecular weight is 407 g/mol. The molecule has 1 atom stereocenters. The number of halogens is 1. The third-order valence-corrected chi connectivity index (χ3v) is 5.76. The summed E-state index contributed by atoms with van der Waals surface area (Å²) in [6.07, 6.45) is 1.86. The highest BCUT2D eigenvalue weighted by Crippen LogP contribution is 2.36. The number of nitrogens with zero attached hydrogens (tertiary/aromatic N) is 2. The number of thioether (sulfide) groups is 1. The van der Waals surface area contributed by atoms with Gasteiger partial charge < -0.3 is 15.4 Å². The molecule has 1 unspecified atom stereocenters. The molecule has 142 valence electrons. The van der Waals surface area contributed by atoms with Gasteiger partial charge in [-0.05, 0) is 31.0 Å². The molecule has 2 aromatic rings. The molecule has 1 fully saturated rings. The van der Waals surface area contributed by atoms with E-state index in [1.54, 1.807) is 28.6 Å². The molecule has 1 saturated heterocycles. The summed E-state index contributed by atoms with van der Waals surface area (Å²) in [6.45, 7) is 1.04. The van der Waals surface area contributed by atoms with E-state index in [0.29, 0.717) is 24.0 Å². The number of hydrogen-bond acceptors (Lipinski definition) is 5. The summed E-state index contributed by atoms with van der Waals surface area (Å²) in [5.41, 5.74) is 2.59. The Kier molecular flexibility index (Phi) is 5.38. The SMILES string of the molecule is O=C(NCC1CCCO1)C(=O)Nc1c2c(nn1-c1cccc(Cl)c1)CSC2. The Morgan fingerprint density at radius 2 is 2.22 bits per heavy atom. The maximum Gasteiger partial charge on any atom is 0.314 e. The minimum atomic E-state index is -0.712. The monoisotopic (exact) mass is 406 g/mol. The fourth-order valence-electron chi connectivity index (χ4n) is 3.19. The van der Waals surface area contributed by atoms with Gasteiger partial charge in [-0.25, -0.2) is 4.68 Å². The lowest BCUT2D eigenvalue weighted by molar-refractivity contribution is -0.136. The van der Waals surface area contributed by atoms with E-state index in [1.807, 2.05) is 12.1 Å². The highest BCUT2D eigenvalue weighted by atomic mass is 35.5. The lowest BCUT2D eigenvalue weighted by atomic mass is 10.2. The van der Waals surface area contributed by atoms with Crippen LogP contribution in [0.25, 0.3) is 5.69 Å². The van der Waals surface area contributed by atoms with E-state index >= 15 is 0 Å². The van der Waals surface area contributed by atoms with Gasteiger partial charge in [-0.3, -0.25) is 9.59 Å². The summed E-state index contributed by atoms with van der Waals surface area (Å²) in [5.74, 6) is 0.647. The number of benzene rings is 1. The second kappa shape index (κ2) is 7.92. The number of anilines is 1. The molecule has 3 heterocycles. The molecule has 2 amide bonds. The normalized spacial score (nSPS) is 18.3. The van der Waals surface area contributed by atoms with Crippen LogP contribution in [0.4, 0.5) is 5.82 Å². The standard InChI is InChI=1S/C18H19ClN4O3S/c19-11-3-1-4-12(7-11)23-16(14-9-27-10-15(14)22-23)21-18(25)17(24)20-8-13-5-2-6-26-13/h1,3-4,7,13H,2,5-6,8-10H2,(H,20,24)(H,21,25). The van der Waals surface area contributed by atoms with Crippen LogP contribution >= 0.6 is 23.4 Å². The van der Waals surface area contributed by atoms with E-state index in [9.17, 15) is 9.59 Å². The Labute approximate surface area is 165 Å². The third-order valence-electron chi connectivity index (χ3n) is 4.56. The number of carbonyl (C=O) groups is 2. The summed E-state index contributed by atoms with van der Waals surface area (Å²) >= 11 is 7.82. The highest BCUT2D eigenvalue weighted by Gasteiger charge is 2.27. The van der Waals surface area contributed by atoms with Gasteiger partial charge in [-0.1, -0.05) is 17.7 Å². The van der Waals surface area contributed by atoms with E-state index in [4.69, 9.17) is 16.3 Å².